The van der Waals surface area contributed by atoms with Gasteiger partial charge >= 0.3 is 5.97 Å². The van der Waals surface area contributed by atoms with Gasteiger partial charge in [0.25, 0.3) is 8.32 Å². The number of ether oxygens (including phenoxy) is 1. The van der Waals surface area contributed by atoms with Gasteiger partial charge in [-0.15, -0.1) is 0 Å². The molecule has 0 aliphatic carbocycles. The second kappa shape index (κ2) is 10.2. The van der Waals surface area contributed by atoms with Crippen LogP contribution in [-0.4, -0.2) is 29.8 Å². The second-order valence-corrected chi connectivity index (χ2v) is 16.5. The van der Waals surface area contributed by atoms with E-state index in [1.54, 1.807) is 38.1 Å². The van der Waals surface area contributed by atoms with Crippen molar-refractivity contribution in [1.82, 2.24) is 4.72 Å². The Balaban J connectivity index is 2.38. The van der Waals surface area contributed by atoms with Gasteiger partial charge in [-0.2, -0.15) is 4.72 Å². The monoisotopic (exact) mass is 505 g/mol. The first-order valence-corrected chi connectivity index (χ1v) is 15.9. The maximum atomic E-state index is 13.3. The van der Waals surface area contributed by atoms with Crippen LogP contribution in [-0.2, 0) is 19.6 Å². The average Bonchev–Trinajstić information content (AvgIpc) is 2.70. The van der Waals surface area contributed by atoms with Gasteiger partial charge in [0.1, 0.15) is 11.8 Å². The predicted octanol–water partition coefficient (Wildman–Crippen LogP) is 5.82. The summed E-state index contributed by atoms with van der Waals surface area (Å²) in [4.78, 5) is 12.8. The Hall–Kier alpha value is -2.16. The van der Waals surface area contributed by atoms with E-state index in [0.717, 1.165) is 5.56 Å². The van der Waals surface area contributed by atoms with Crippen molar-refractivity contribution in [3.63, 3.8) is 0 Å². The molecule has 0 bridgehead atoms. The largest absolute Gasteiger partial charge is 0.543 e. The lowest BCUT2D eigenvalue weighted by Crippen LogP contribution is -2.47. The van der Waals surface area contributed by atoms with E-state index in [4.69, 9.17) is 9.16 Å². The first-order valence-electron chi connectivity index (χ1n) is 11.5. The molecular formula is C26H39NO5SSi. The molecule has 1 atom stereocenters. The molecule has 2 aromatic rings. The molecule has 2 aromatic carbocycles. The normalized spacial score (nSPS) is 13.6. The second-order valence-electron chi connectivity index (χ2n) is 10.4. The standard InChI is InChI=1S/C26H39NO5SSi/c1-17(2)26(6,7)34(9,10)32-22-13-11-21(12-14-22)23(25(28)31-8)27-33(29,30)24-19(4)15-18(3)16-20(24)5/h11-17,23,27H,1-10H3/t23-/m0/s1. The number of hydrogen-bond donors (Lipinski definition) is 1. The van der Waals surface area contributed by atoms with E-state index in [9.17, 15) is 13.2 Å². The van der Waals surface area contributed by atoms with Gasteiger partial charge in [0.15, 0.2) is 0 Å². The van der Waals surface area contributed by atoms with Crippen molar-refractivity contribution in [3.8, 4) is 5.75 Å². The number of aryl methyl sites for hydroxylation is 3. The van der Waals surface area contributed by atoms with Crippen molar-refractivity contribution in [1.29, 1.82) is 0 Å². The maximum absolute atomic E-state index is 13.3. The number of rotatable bonds is 9. The smallest absolute Gasteiger partial charge is 0.328 e. The van der Waals surface area contributed by atoms with Gasteiger partial charge in [0, 0.05) is 0 Å². The minimum Gasteiger partial charge on any atom is -0.543 e. The summed E-state index contributed by atoms with van der Waals surface area (Å²) in [7, 11) is -4.85. The third kappa shape index (κ3) is 5.90. The molecule has 2 rings (SSSR count). The van der Waals surface area contributed by atoms with Crippen LogP contribution in [0.4, 0.5) is 0 Å². The van der Waals surface area contributed by atoms with Crippen LogP contribution in [0.3, 0.4) is 0 Å². The van der Waals surface area contributed by atoms with Crippen molar-refractivity contribution in [3.05, 3.63) is 58.7 Å². The summed E-state index contributed by atoms with van der Waals surface area (Å²) in [5.41, 5.74) is 2.70. The molecule has 0 amide bonds. The molecule has 0 fully saturated rings. The highest BCUT2D eigenvalue weighted by Gasteiger charge is 2.45. The molecule has 0 spiro atoms. The minimum atomic E-state index is -3.98. The molecule has 0 saturated heterocycles. The van der Waals surface area contributed by atoms with E-state index in [-0.39, 0.29) is 9.93 Å². The van der Waals surface area contributed by atoms with Gasteiger partial charge in [0.05, 0.1) is 12.0 Å². The van der Waals surface area contributed by atoms with Gasteiger partial charge in [-0.3, -0.25) is 0 Å². The van der Waals surface area contributed by atoms with Crippen LogP contribution >= 0.6 is 0 Å². The van der Waals surface area contributed by atoms with E-state index < -0.39 is 30.4 Å². The zero-order valence-electron chi connectivity index (χ0n) is 22.1. The van der Waals surface area contributed by atoms with Gasteiger partial charge in [-0.25, -0.2) is 13.2 Å². The van der Waals surface area contributed by atoms with Crippen molar-refractivity contribution >= 4 is 24.3 Å². The topological polar surface area (TPSA) is 81.7 Å². The molecular weight excluding hydrogens is 466 g/mol. The summed E-state index contributed by atoms with van der Waals surface area (Å²) in [5, 5.41) is 0.0413. The Morgan fingerprint density at radius 2 is 1.50 bits per heavy atom. The molecule has 0 unspecified atom stereocenters. The first kappa shape index (κ1) is 28.1. The van der Waals surface area contributed by atoms with Crippen LogP contribution < -0.4 is 9.15 Å². The minimum absolute atomic E-state index is 0.0413. The average molecular weight is 506 g/mol. The fourth-order valence-electron chi connectivity index (χ4n) is 4.02. The van der Waals surface area contributed by atoms with E-state index in [0.29, 0.717) is 28.4 Å². The van der Waals surface area contributed by atoms with Crippen LogP contribution in [0, 0.1) is 26.7 Å². The fourth-order valence-corrected chi connectivity index (χ4v) is 8.03. The predicted molar refractivity (Wildman–Crippen MR) is 139 cm³/mol. The summed E-state index contributed by atoms with van der Waals surface area (Å²) in [6.45, 7) is 18.7. The fraction of sp³-hybridized carbons (Fsp3) is 0.500. The number of benzene rings is 2. The zero-order chi connectivity index (χ0) is 26.1. The van der Waals surface area contributed by atoms with Crippen LogP contribution in [0.25, 0.3) is 0 Å². The number of hydrogen-bond acceptors (Lipinski definition) is 5. The highest BCUT2D eigenvalue weighted by molar-refractivity contribution is 7.89. The van der Waals surface area contributed by atoms with Crippen LogP contribution in [0.5, 0.6) is 5.75 Å². The molecule has 188 valence electrons. The number of carbonyl (C=O) groups is 1. The third-order valence-electron chi connectivity index (χ3n) is 7.16. The Labute approximate surface area is 206 Å². The number of nitrogens with one attached hydrogen (secondary N) is 1. The highest BCUT2D eigenvalue weighted by atomic mass is 32.2. The molecule has 0 aliphatic rings. The molecule has 0 heterocycles. The van der Waals surface area contributed by atoms with Gasteiger partial charge in [0.2, 0.25) is 10.0 Å². The molecule has 0 saturated carbocycles. The number of esters is 1. The first-order chi connectivity index (χ1) is 15.5. The van der Waals surface area contributed by atoms with Gasteiger partial charge < -0.3 is 9.16 Å². The van der Waals surface area contributed by atoms with E-state index in [2.05, 4.69) is 45.5 Å². The SMILES string of the molecule is COC(=O)[C@@H](NS(=O)(=O)c1c(C)cc(C)cc1C)c1ccc(O[Si](C)(C)C(C)(C)C(C)C)cc1. The van der Waals surface area contributed by atoms with Crippen LogP contribution in [0.15, 0.2) is 41.3 Å². The summed E-state index contributed by atoms with van der Waals surface area (Å²) in [6.07, 6.45) is 0. The molecule has 8 heteroatoms. The Kier molecular flexibility index (Phi) is 8.44. The molecule has 34 heavy (non-hydrogen) atoms. The lowest BCUT2D eigenvalue weighted by Gasteiger charge is -2.42. The number of methoxy groups -OCH3 is 1. The number of carbonyl (C=O) groups excluding carboxylic acids is 1. The van der Waals surface area contributed by atoms with Crippen LogP contribution in [0.1, 0.15) is 56.0 Å². The molecule has 0 aromatic heterocycles. The van der Waals surface area contributed by atoms with Crippen molar-refractivity contribution < 1.29 is 22.4 Å². The third-order valence-corrected chi connectivity index (χ3v) is 13.3. The molecule has 0 aliphatic heterocycles. The molecule has 1 N–H and O–H groups in total. The lowest BCUT2D eigenvalue weighted by molar-refractivity contribution is -0.142. The van der Waals surface area contributed by atoms with E-state index >= 15 is 0 Å². The summed E-state index contributed by atoms with van der Waals surface area (Å²) in [5.74, 6) is 0.474. The summed E-state index contributed by atoms with van der Waals surface area (Å²) >= 11 is 0. The van der Waals surface area contributed by atoms with E-state index in [1.807, 2.05) is 19.1 Å². The zero-order valence-corrected chi connectivity index (χ0v) is 23.9. The molecule has 0 radical (unpaired) electrons. The summed E-state index contributed by atoms with van der Waals surface area (Å²) < 4.78 is 40.5. The quantitative estimate of drug-likeness (QED) is 0.343. The van der Waals surface area contributed by atoms with Crippen LogP contribution in [0.2, 0.25) is 18.1 Å². The number of sulfonamides is 1. The van der Waals surface area contributed by atoms with E-state index in [1.165, 1.54) is 7.11 Å². The van der Waals surface area contributed by atoms with Gasteiger partial charge in [-0.05, 0) is 73.6 Å². The maximum Gasteiger partial charge on any atom is 0.328 e. The Morgan fingerprint density at radius 1 is 1.00 bits per heavy atom. The lowest BCUT2D eigenvalue weighted by atomic mass is 9.99. The summed E-state index contributed by atoms with van der Waals surface area (Å²) in [6, 6.07) is 9.43. The van der Waals surface area contributed by atoms with Crippen molar-refractivity contribution in [2.45, 2.75) is 77.5 Å². The Morgan fingerprint density at radius 3 is 1.94 bits per heavy atom. The van der Waals surface area contributed by atoms with Crippen molar-refractivity contribution in [2.75, 3.05) is 7.11 Å². The molecule has 6 nitrogen and oxygen atoms in total. The van der Waals surface area contributed by atoms with Crippen molar-refractivity contribution in [2.24, 2.45) is 5.92 Å². The Bertz CT molecular complexity index is 1120. The highest BCUT2D eigenvalue weighted by Crippen LogP contribution is 2.44. The van der Waals surface area contributed by atoms with Gasteiger partial charge in [-0.1, -0.05) is 57.5 Å².